The van der Waals surface area contributed by atoms with Crippen molar-refractivity contribution in [2.24, 2.45) is 10.1 Å². The van der Waals surface area contributed by atoms with Crippen LogP contribution in [-0.2, 0) is 11.4 Å². The van der Waals surface area contributed by atoms with Gasteiger partial charge in [-0.15, -0.1) is 0 Å². The summed E-state index contributed by atoms with van der Waals surface area (Å²) in [5.74, 6) is 0.311. The molecule has 0 aliphatic carbocycles. The molecule has 2 aliphatic rings. The summed E-state index contributed by atoms with van der Waals surface area (Å²) in [4.78, 5) is 31.4. The second-order valence-corrected chi connectivity index (χ2v) is 8.97. The highest BCUT2D eigenvalue weighted by molar-refractivity contribution is 8.27. The molecule has 0 bridgehead atoms. The fourth-order valence-electron chi connectivity index (χ4n) is 3.64. The molecule has 0 atom stereocenters. The largest absolute Gasteiger partial charge is 0.490 e. The van der Waals surface area contributed by atoms with E-state index in [-0.39, 0.29) is 23.7 Å². The van der Waals surface area contributed by atoms with Crippen LogP contribution >= 0.6 is 11.8 Å². The van der Waals surface area contributed by atoms with Crippen LogP contribution in [-0.4, -0.2) is 43.5 Å². The lowest BCUT2D eigenvalue weighted by molar-refractivity contribution is -0.384. The molecular formula is C26H20N6O5S. The zero-order chi connectivity index (χ0) is 26.6. The number of carbonyl (C=O) groups is 1. The van der Waals surface area contributed by atoms with Gasteiger partial charge in [0, 0.05) is 30.1 Å². The van der Waals surface area contributed by atoms with Gasteiger partial charge in [-0.2, -0.15) is 15.1 Å². The van der Waals surface area contributed by atoms with Crippen LogP contribution in [0.4, 0.5) is 5.69 Å². The summed E-state index contributed by atoms with van der Waals surface area (Å²) in [5, 5.41) is 26.2. The lowest BCUT2D eigenvalue weighted by Gasteiger charge is -2.20. The molecule has 190 valence electrons. The van der Waals surface area contributed by atoms with Gasteiger partial charge >= 0.3 is 0 Å². The minimum Gasteiger partial charge on any atom is -0.490 e. The molecule has 0 saturated carbocycles. The Balaban J connectivity index is 1.36. The first-order chi connectivity index (χ1) is 18.4. The number of non-ortho nitro benzene ring substituents is 1. The van der Waals surface area contributed by atoms with E-state index in [1.807, 2.05) is 13.0 Å². The Morgan fingerprint density at radius 3 is 2.66 bits per heavy atom. The number of aromatic nitrogens is 1. The highest BCUT2D eigenvalue weighted by atomic mass is 32.2. The summed E-state index contributed by atoms with van der Waals surface area (Å²) in [6, 6.07) is 14.9. The standard InChI is InChI=1S/C26H20N6O5S/c1-2-36-22-13-17(7-10-21(22)37-15-16-5-8-19(9-6-16)32(34)35)12-20-23(27)31-26(29-24(20)33)38-25(30-31)18-4-3-11-28-14-18/h3-14,27H,2,15H2,1H3. The predicted octanol–water partition coefficient (Wildman–Crippen LogP) is 4.63. The Morgan fingerprint density at radius 1 is 1.13 bits per heavy atom. The molecule has 5 rings (SSSR count). The Bertz CT molecular complexity index is 1520. The van der Waals surface area contributed by atoms with Gasteiger partial charge in [-0.3, -0.25) is 25.3 Å². The van der Waals surface area contributed by atoms with Gasteiger partial charge in [-0.05, 0) is 72.3 Å². The molecule has 3 aromatic rings. The number of hydrazone groups is 1. The molecule has 0 spiro atoms. The first kappa shape index (κ1) is 24.8. The molecule has 2 aliphatic heterocycles. The van der Waals surface area contributed by atoms with Crippen LogP contribution < -0.4 is 9.47 Å². The number of aliphatic imine (C=N–C) groups is 1. The first-order valence-corrected chi connectivity index (χ1v) is 12.3. The zero-order valence-electron chi connectivity index (χ0n) is 20.0. The van der Waals surface area contributed by atoms with E-state index in [4.69, 9.17) is 14.9 Å². The number of benzene rings is 2. The molecule has 0 radical (unpaired) electrons. The summed E-state index contributed by atoms with van der Waals surface area (Å²) in [6.45, 7) is 2.40. The fourth-order valence-corrected chi connectivity index (χ4v) is 4.52. The maximum atomic E-state index is 12.8. The quantitative estimate of drug-likeness (QED) is 0.253. The van der Waals surface area contributed by atoms with Crippen molar-refractivity contribution < 1.29 is 19.2 Å². The van der Waals surface area contributed by atoms with Crippen molar-refractivity contribution in [3.63, 3.8) is 0 Å². The number of hydrogen-bond acceptors (Lipinski definition) is 9. The number of nitrogens with one attached hydrogen (secondary N) is 1. The number of fused-ring (bicyclic) bond motifs is 1. The van der Waals surface area contributed by atoms with Crippen molar-refractivity contribution in [3.8, 4) is 11.5 Å². The smallest absolute Gasteiger partial charge is 0.283 e. The molecule has 0 saturated heterocycles. The van der Waals surface area contributed by atoms with E-state index in [0.29, 0.717) is 33.9 Å². The van der Waals surface area contributed by atoms with E-state index in [1.54, 1.807) is 54.9 Å². The van der Waals surface area contributed by atoms with E-state index in [1.165, 1.54) is 28.9 Å². The summed E-state index contributed by atoms with van der Waals surface area (Å²) < 4.78 is 11.6. The number of nitro groups is 1. The Labute approximate surface area is 221 Å². The van der Waals surface area contributed by atoms with Crippen LogP contribution in [0.1, 0.15) is 23.6 Å². The number of nitrogens with zero attached hydrogens (tertiary/aromatic N) is 5. The average Bonchev–Trinajstić information content (AvgIpc) is 3.36. The predicted molar refractivity (Wildman–Crippen MR) is 143 cm³/mol. The molecule has 1 N–H and O–H groups in total. The first-order valence-electron chi connectivity index (χ1n) is 11.5. The molecule has 0 fully saturated rings. The van der Waals surface area contributed by atoms with E-state index in [0.717, 1.165) is 11.1 Å². The maximum Gasteiger partial charge on any atom is 0.283 e. The summed E-state index contributed by atoms with van der Waals surface area (Å²) in [7, 11) is 0. The van der Waals surface area contributed by atoms with Crippen molar-refractivity contribution in [3.05, 3.63) is 99.4 Å². The Morgan fingerprint density at radius 2 is 1.95 bits per heavy atom. The number of carbonyl (C=O) groups excluding carboxylic acids is 1. The number of rotatable bonds is 8. The summed E-state index contributed by atoms with van der Waals surface area (Å²) >= 11 is 1.21. The monoisotopic (exact) mass is 528 g/mol. The lowest BCUT2D eigenvalue weighted by atomic mass is 10.1. The normalized spacial score (nSPS) is 15.7. The SMILES string of the molecule is CCOc1cc(C=C2C(=N)N3N=C(c4cccnc4)SC3=NC2=O)ccc1OCc1ccc([N+](=O)[O-])cc1. The number of amides is 1. The zero-order valence-corrected chi connectivity index (χ0v) is 20.8. The molecule has 1 aromatic heterocycles. The molecule has 2 aromatic carbocycles. The number of amidine groups is 2. The molecule has 3 heterocycles. The van der Waals surface area contributed by atoms with Crippen LogP contribution in [0.25, 0.3) is 6.08 Å². The average molecular weight is 529 g/mol. The third-order valence-corrected chi connectivity index (χ3v) is 6.44. The van der Waals surface area contributed by atoms with Crippen LogP contribution in [0.2, 0.25) is 0 Å². The van der Waals surface area contributed by atoms with Gasteiger partial charge < -0.3 is 9.47 Å². The molecule has 12 heteroatoms. The Kier molecular flexibility index (Phi) is 6.96. The van der Waals surface area contributed by atoms with Crippen LogP contribution in [0.3, 0.4) is 0 Å². The van der Waals surface area contributed by atoms with Crippen molar-refractivity contribution in [1.82, 2.24) is 9.99 Å². The number of pyridine rings is 1. The fraction of sp³-hybridized carbons (Fsp3) is 0.115. The number of ether oxygens (including phenoxy) is 2. The lowest BCUT2D eigenvalue weighted by Crippen LogP contribution is -2.35. The number of thioether (sulfide) groups is 1. The molecule has 1 amide bonds. The second kappa shape index (κ2) is 10.6. The topological polar surface area (TPSA) is 143 Å². The summed E-state index contributed by atoms with van der Waals surface area (Å²) in [5.41, 5.74) is 2.24. The second-order valence-electron chi connectivity index (χ2n) is 8.02. The summed E-state index contributed by atoms with van der Waals surface area (Å²) in [6.07, 6.45) is 4.88. The highest BCUT2D eigenvalue weighted by Crippen LogP contribution is 2.33. The van der Waals surface area contributed by atoms with E-state index in [9.17, 15) is 14.9 Å². The van der Waals surface area contributed by atoms with Crippen molar-refractivity contribution in [2.75, 3.05) is 6.61 Å². The molecular weight excluding hydrogens is 508 g/mol. The van der Waals surface area contributed by atoms with Crippen LogP contribution in [0.5, 0.6) is 11.5 Å². The highest BCUT2D eigenvalue weighted by Gasteiger charge is 2.36. The minimum atomic E-state index is -0.534. The van der Waals surface area contributed by atoms with Gasteiger partial charge in [0.1, 0.15) is 11.7 Å². The van der Waals surface area contributed by atoms with Gasteiger partial charge in [0.15, 0.2) is 17.3 Å². The van der Waals surface area contributed by atoms with Gasteiger partial charge in [0.2, 0.25) is 5.17 Å². The van der Waals surface area contributed by atoms with Crippen molar-refractivity contribution in [1.29, 1.82) is 5.41 Å². The molecule has 38 heavy (non-hydrogen) atoms. The van der Waals surface area contributed by atoms with Crippen molar-refractivity contribution >= 4 is 45.5 Å². The van der Waals surface area contributed by atoms with E-state index < -0.39 is 10.8 Å². The van der Waals surface area contributed by atoms with Crippen molar-refractivity contribution in [2.45, 2.75) is 13.5 Å². The van der Waals surface area contributed by atoms with Gasteiger partial charge in [0.05, 0.1) is 17.1 Å². The minimum absolute atomic E-state index is 0.00643. The van der Waals surface area contributed by atoms with Gasteiger partial charge in [-0.1, -0.05) is 6.07 Å². The Hall–Kier alpha value is -4.84. The third kappa shape index (κ3) is 5.15. The van der Waals surface area contributed by atoms with Gasteiger partial charge in [0.25, 0.3) is 11.6 Å². The van der Waals surface area contributed by atoms with Gasteiger partial charge in [-0.25, -0.2) is 0 Å². The number of nitro benzene ring substituents is 1. The third-order valence-electron chi connectivity index (χ3n) is 5.48. The number of hydrogen-bond donors (Lipinski definition) is 1. The molecule has 0 unspecified atom stereocenters. The van der Waals surface area contributed by atoms with Crippen LogP contribution in [0.15, 0.2) is 82.7 Å². The maximum absolute atomic E-state index is 12.8. The van der Waals surface area contributed by atoms with E-state index >= 15 is 0 Å². The van der Waals surface area contributed by atoms with E-state index in [2.05, 4.69) is 15.1 Å². The van der Waals surface area contributed by atoms with Crippen LogP contribution in [0, 0.1) is 15.5 Å². The molecule has 11 nitrogen and oxygen atoms in total.